The number of imidazole rings is 1. The van der Waals surface area contributed by atoms with E-state index in [4.69, 9.17) is 4.98 Å². The van der Waals surface area contributed by atoms with E-state index in [0.717, 1.165) is 24.3 Å². The van der Waals surface area contributed by atoms with E-state index in [0.29, 0.717) is 12.3 Å². The summed E-state index contributed by atoms with van der Waals surface area (Å²) in [6, 6.07) is 8.47. The van der Waals surface area contributed by atoms with Crippen molar-refractivity contribution in [1.82, 2.24) is 14.9 Å². The molecule has 0 aliphatic heterocycles. The van der Waals surface area contributed by atoms with Crippen LogP contribution >= 0.6 is 0 Å². The topological polar surface area (TPSA) is 46.9 Å². The van der Waals surface area contributed by atoms with Gasteiger partial charge in [-0.15, -0.1) is 0 Å². The maximum atomic E-state index is 11.2. The molecule has 4 nitrogen and oxygen atoms in total. The first kappa shape index (κ1) is 15.2. The number of hydrogen-bond donors (Lipinski definition) is 1. The summed E-state index contributed by atoms with van der Waals surface area (Å²) in [6.07, 6.45) is 2.83. The molecule has 1 aromatic heterocycles. The summed E-state index contributed by atoms with van der Waals surface area (Å²) in [4.78, 5) is 4.71. The Balaban J connectivity index is 2.16. The number of rotatable bonds is 7. The zero-order valence-electron chi connectivity index (χ0n) is 12.4. The summed E-state index contributed by atoms with van der Waals surface area (Å²) in [6.45, 7) is 5.93. The van der Waals surface area contributed by atoms with E-state index in [-0.39, 0.29) is 6.04 Å². The maximum Gasteiger partial charge on any atom is 0.123 e. The number of nitrogens with one attached hydrogen (secondary N) is 1. The van der Waals surface area contributed by atoms with Gasteiger partial charge in [0.05, 0.1) is 17.6 Å². The molecule has 0 radical (unpaired) electrons. The fourth-order valence-corrected chi connectivity index (χ4v) is 3.23. The van der Waals surface area contributed by atoms with Crippen LogP contribution in [0, 0.1) is 0 Å². The molecule has 1 heterocycles. The van der Waals surface area contributed by atoms with Gasteiger partial charge in [0.2, 0.25) is 0 Å². The maximum absolute atomic E-state index is 11.2. The zero-order chi connectivity index (χ0) is 14.5. The first-order valence-corrected chi connectivity index (χ1v) is 8.82. The molecule has 2 rings (SSSR count). The minimum absolute atomic E-state index is 0.232. The second-order valence-corrected chi connectivity index (χ2v) is 6.67. The van der Waals surface area contributed by atoms with Crippen LogP contribution in [0.1, 0.15) is 26.1 Å². The molecule has 0 saturated carbocycles. The van der Waals surface area contributed by atoms with E-state index < -0.39 is 10.8 Å². The van der Waals surface area contributed by atoms with Crippen LogP contribution in [-0.4, -0.2) is 31.8 Å². The van der Waals surface area contributed by atoms with Crippen molar-refractivity contribution in [2.45, 2.75) is 39.4 Å². The Morgan fingerprint density at radius 1 is 1.40 bits per heavy atom. The third-order valence-electron chi connectivity index (χ3n) is 3.27. The van der Waals surface area contributed by atoms with Crippen LogP contribution in [0.2, 0.25) is 0 Å². The van der Waals surface area contributed by atoms with Crippen molar-refractivity contribution in [3.63, 3.8) is 0 Å². The lowest BCUT2D eigenvalue weighted by molar-refractivity contribution is 0.547. The molecule has 110 valence electrons. The van der Waals surface area contributed by atoms with Crippen LogP contribution in [-0.2, 0) is 23.9 Å². The minimum Gasteiger partial charge on any atom is -0.327 e. The molecule has 0 spiro atoms. The number of hydrogen-bond acceptors (Lipinski definition) is 3. The summed E-state index contributed by atoms with van der Waals surface area (Å²) < 4.78 is 13.5. The van der Waals surface area contributed by atoms with Gasteiger partial charge in [0, 0.05) is 35.4 Å². The highest BCUT2D eigenvalue weighted by Crippen LogP contribution is 2.16. The van der Waals surface area contributed by atoms with Crippen LogP contribution in [0.25, 0.3) is 11.0 Å². The highest BCUT2D eigenvalue weighted by Gasteiger charge is 2.11. The first-order chi connectivity index (χ1) is 9.61. The monoisotopic (exact) mass is 293 g/mol. The van der Waals surface area contributed by atoms with Gasteiger partial charge < -0.3 is 9.88 Å². The van der Waals surface area contributed by atoms with Gasteiger partial charge in [-0.1, -0.05) is 19.1 Å². The van der Waals surface area contributed by atoms with E-state index in [9.17, 15) is 4.21 Å². The van der Waals surface area contributed by atoms with Crippen LogP contribution < -0.4 is 5.32 Å². The third-order valence-corrected chi connectivity index (χ3v) is 4.24. The van der Waals surface area contributed by atoms with Crippen molar-refractivity contribution in [2.75, 3.05) is 12.0 Å². The summed E-state index contributed by atoms with van der Waals surface area (Å²) >= 11 is 0. The minimum atomic E-state index is -0.767. The third kappa shape index (κ3) is 3.67. The molecule has 5 heteroatoms. The molecule has 0 aliphatic carbocycles. The van der Waals surface area contributed by atoms with Gasteiger partial charge in [0.25, 0.3) is 0 Å². The second kappa shape index (κ2) is 6.99. The van der Waals surface area contributed by atoms with Gasteiger partial charge in [-0.3, -0.25) is 4.21 Å². The van der Waals surface area contributed by atoms with E-state index in [1.165, 1.54) is 5.52 Å². The molecular weight excluding hydrogens is 270 g/mol. The Hall–Kier alpha value is -1.20. The Morgan fingerprint density at radius 3 is 2.85 bits per heavy atom. The van der Waals surface area contributed by atoms with E-state index >= 15 is 0 Å². The van der Waals surface area contributed by atoms with E-state index in [2.05, 4.69) is 41.9 Å². The van der Waals surface area contributed by atoms with E-state index in [1.54, 1.807) is 6.26 Å². The smallest absolute Gasteiger partial charge is 0.123 e. The Kier molecular flexibility index (Phi) is 5.31. The Morgan fingerprint density at radius 2 is 2.15 bits per heavy atom. The van der Waals surface area contributed by atoms with Crippen LogP contribution in [0.3, 0.4) is 0 Å². The van der Waals surface area contributed by atoms with Gasteiger partial charge >= 0.3 is 0 Å². The van der Waals surface area contributed by atoms with E-state index in [1.807, 2.05) is 6.07 Å². The summed E-state index contributed by atoms with van der Waals surface area (Å²) in [5, 5.41) is 3.41. The number of benzene rings is 1. The largest absolute Gasteiger partial charge is 0.327 e. The summed E-state index contributed by atoms with van der Waals surface area (Å²) in [5.74, 6) is 1.73. The molecule has 0 amide bonds. The van der Waals surface area contributed by atoms with Crippen molar-refractivity contribution >= 4 is 21.8 Å². The average Bonchev–Trinajstić information content (AvgIpc) is 2.75. The zero-order valence-corrected chi connectivity index (χ0v) is 13.2. The summed E-state index contributed by atoms with van der Waals surface area (Å²) in [7, 11) is -0.767. The highest BCUT2D eigenvalue weighted by molar-refractivity contribution is 7.84. The predicted molar refractivity (Wildman–Crippen MR) is 85.3 cm³/mol. The lowest BCUT2D eigenvalue weighted by atomic mass is 10.3. The number of aryl methyl sites for hydroxylation is 1. The number of nitrogens with zero attached hydrogens (tertiary/aromatic N) is 2. The predicted octanol–water partition coefficient (Wildman–Crippen LogP) is 2.30. The average molecular weight is 293 g/mol. The summed E-state index contributed by atoms with van der Waals surface area (Å²) in [5.41, 5.74) is 2.24. The van der Waals surface area contributed by atoms with Crippen molar-refractivity contribution < 1.29 is 4.21 Å². The number of para-hydroxylation sites is 2. The molecule has 1 aromatic carbocycles. The standard InChI is InChI=1S/C15H23N3OS/c1-4-9-18-14-8-6-5-7-13(14)17-15(18)10-16-12(2)11-20(3)19/h5-8,12,16H,4,9-11H2,1-3H3. The lowest BCUT2D eigenvalue weighted by Gasteiger charge is -2.13. The Labute approximate surface area is 123 Å². The molecule has 20 heavy (non-hydrogen) atoms. The highest BCUT2D eigenvalue weighted by atomic mass is 32.2. The normalized spacial score (nSPS) is 14.6. The van der Waals surface area contributed by atoms with Crippen LogP contribution in [0.15, 0.2) is 24.3 Å². The molecule has 2 atom stereocenters. The van der Waals surface area contributed by atoms with Crippen molar-refractivity contribution in [3.05, 3.63) is 30.1 Å². The molecule has 2 aromatic rings. The fraction of sp³-hybridized carbons (Fsp3) is 0.533. The Bertz CT molecular complexity index is 594. The molecule has 2 unspecified atom stereocenters. The number of aromatic nitrogens is 2. The van der Waals surface area contributed by atoms with Gasteiger partial charge in [-0.2, -0.15) is 0 Å². The molecule has 0 saturated heterocycles. The number of fused-ring (bicyclic) bond motifs is 1. The van der Waals surface area contributed by atoms with Crippen LogP contribution in [0.4, 0.5) is 0 Å². The molecular formula is C15H23N3OS. The molecule has 0 fully saturated rings. The molecule has 0 bridgehead atoms. The van der Waals surface area contributed by atoms with Crippen molar-refractivity contribution in [1.29, 1.82) is 0 Å². The van der Waals surface area contributed by atoms with Crippen molar-refractivity contribution in [3.8, 4) is 0 Å². The second-order valence-electron chi connectivity index (χ2n) is 5.19. The SMILES string of the molecule is CCCn1c(CNC(C)CS(C)=O)nc2ccccc21. The molecule has 0 aliphatic rings. The van der Waals surface area contributed by atoms with Gasteiger partial charge in [0.15, 0.2) is 0 Å². The first-order valence-electron chi connectivity index (χ1n) is 7.09. The van der Waals surface area contributed by atoms with Gasteiger partial charge in [0.1, 0.15) is 5.82 Å². The van der Waals surface area contributed by atoms with Crippen molar-refractivity contribution in [2.24, 2.45) is 0 Å². The lowest BCUT2D eigenvalue weighted by Crippen LogP contribution is -2.31. The van der Waals surface area contributed by atoms with Crippen LogP contribution in [0.5, 0.6) is 0 Å². The quantitative estimate of drug-likeness (QED) is 0.852. The fourth-order valence-electron chi connectivity index (χ4n) is 2.41. The van der Waals surface area contributed by atoms with Gasteiger partial charge in [-0.05, 0) is 25.5 Å². The molecule has 1 N–H and O–H groups in total. The van der Waals surface area contributed by atoms with Gasteiger partial charge in [-0.25, -0.2) is 4.98 Å².